The molecule has 1 aromatic heterocycles. The van der Waals surface area contributed by atoms with Crippen LogP contribution in [-0.2, 0) is 6.54 Å². The summed E-state index contributed by atoms with van der Waals surface area (Å²) in [5, 5.41) is 4.44. The van der Waals surface area contributed by atoms with Gasteiger partial charge in [0.2, 0.25) is 0 Å². The number of rotatable bonds is 5. The molecule has 0 saturated carbocycles. The Morgan fingerprint density at radius 1 is 1.44 bits per heavy atom. The zero-order valence-electron chi connectivity index (χ0n) is 11.1. The minimum Gasteiger partial charge on any atom is -0.394 e. The highest BCUT2D eigenvalue weighted by atomic mass is 15.4. The van der Waals surface area contributed by atoms with Gasteiger partial charge < -0.3 is 10.6 Å². The summed E-state index contributed by atoms with van der Waals surface area (Å²) < 4.78 is 1.98. The number of nitrogen functional groups attached to an aromatic ring is 1. The molecule has 0 radical (unpaired) electrons. The van der Waals surface area contributed by atoms with Gasteiger partial charge in [0, 0.05) is 19.6 Å². The van der Waals surface area contributed by atoms with E-state index in [2.05, 4.69) is 37.8 Å². The molecule has 4 heteroatoms. The number of anilines is 2. The summed E-state index contributed by atoms with van der Waals surface area (Å²) in [5.74, 6) is 1.06. The van der Waals surface area contributed by atoms with Gasteiger partial charge in [-0.3, -0.25) is 0 Å². The second kappa shape index (κ2) is 5.23. The Labute approximate surface area is 98.4 Å². The second-order valence-corrected chi connectivity index (χ2v) is 4.39. The molecule has 92 valence electrons. The van der Waals surface area contributed by atoms with Crippen molar-refractivity contribution in [3.8, 4) is 0 Å². The van der Waals surface area contributed by atoms with E-state index in [1.807, 2.05) is 11.6 Å². The van der Waals surface area contributed by atoms with Crippen LogP contribution in [0.15, 0.2) is 0 Å². The average Bonchev–Trinajstić information content (AvgIpc) is 2.54. The van der Waals surface area contributed by atoms with Crippen molar-refractivity contribution in [1.29, 1.82) is 0 Å². The van der Waals surface area contributed by atoms with Gasteiger partial charge in [-0.25, -0.2) is 4.68 Å². The van der Waals surface area contributed by atoms with Gasteiger partial charge in [-0.2, -0.15) is 5.10 Å². The fraction of sp³-hybridized carbons (Fsp3) is 0.750. The van der Waals surface area contributed by atoms with Gasteiger partial charge in [0.05, 0.1) is 11.4 Å². The van der Waals surface area contributed by atoms with E-state index in [0.717, 1.165) is 23.7 Å². The summed E-state index contributed by atoms with van der Waals surface area (Å²) in [4.78, 5) is 2.24. The van der Waals surface area contributed by atoms with Crippen molar-refractivity contribution in [1.82, 2.24) is 9.78 Å². The van der Waals surface area contributed by atoms with Crippen LogP contribution >= 0.6 is 0 Å². The first-order valence-electron chi connectivity index (χ1n) is 6.08. The molecule has 0 aliphatic rings. The number of aryl methyl sites for hydroxylation is 2. The van der Waals surface area contributed by atoms with Crippen molar-refractivity contribution < 1.29 is 0 Å². The third kappa shape index (κ3) is 2.31. The van der Waals surface area contributed by atoms with Crippen molar-refractivity contribution in [2.24, 2.45) is 0 Å². The molecule has 4 nitrogen and oxygen atoms in total. The summed E-state index contributed by atoms with van der Waals surface area (Å²) in [6.07, 6.45) is 2.36. The van der Waals surface area contributed by atoms with Gasteiger partial charge in [-0.15, -0.1) is 0 Å². The lowest BCUT2D eigenvalue weighted by Crippen LogP contribution is -2.31. The third-order valence-electron chi connectivity index (χ3n) is 3.15. The molecule has 2 N–H and O–H groups in total. The molecule has 0 bridgehead atoms. The molecule has 0 saturated heterocycles. The predicted molar refractivity (Wildman–Crippen MR) is 69.8 cm³/mol. The minimum absolute atomic E-state index is 0.494. The van der Waals surface area contributed by atoms with Crippen LogP contribution in [0.5, 0.6) is 0 Å². The first-order valence-corrected chi connectivity index (χ1v) is 6.08. The lowest BCUT2D eigenvalue weighted by Gasteiger charge is -2.27. The largest absolute Gasteiger partial charge is 0.394 e. The smallest absolute Gasteiger partial charge is 0.150 e. The van der Waals surface area contributed by atoms with Gasteiger partial charge in [-0.05, 0) is 27.2 Å². The van der Waals surface area contributed by atoms with E-state index in [-0.39, 0.29) is 0 Å². The Kier molecular flexibility index (Phi) is 4.21. The average molecular weight is 224 g/mol. The summed E-state index contributed by atoms with van der Waals surface area (Å²) in [6.45, 7) is 9.34. The number of nitrogens with two attached hydrogens (primary N) is 1. The summed E-state index contributed by atoms with van der Waals surface area (Å²) in [6, 6.07) is 0.494. The molecule has 1 aromatic rings. The van der Waals surface area contributed by atoms with E-state index in [0.29, 0.717) is 6.04 Å². The van der Waals surface area contributed by atoms with E-state index in [1.165, 1.54) is 12.8 Å². The highest BCUT2D eigenvalue weighted by Gasteiger charge is 2.18. The van der Waals surface area contributed by atoms with Crippen LogP contribution in [0.25, 0.3) is 0 Å². The van der Waals surface area contributed by atoms with E-state index in [1.54, 1.807) is 0 Å². The Morgan fingerprint density at radius 2 is 2.06 bits per heavy atom. The molecule has 1 rings (SSSR count). The van der Waals surface area contributed by atoms with Crippen molar-refractivity contribution in [2.45, 2.75) is 53.1 Å². The van der Waals surface area contributed by atoms with Gasteiger partial charge in [-0.1, -0.05) is 13.3 Å². The molecular formula is C12H24N4. The molecule has 1 heterocycles. The van der Waals surface area contributed by atoms with E-state index >= 15 is 0 Å². The molecule has 0 aromatic carbocycles. The Hall–Kier alpha value is -1.19. The summed E-state index contributed by atoms with van der Waals surface area (Å²) in [5.41, 5.74) is 7.82. The Balaban J connectivity index is 3.01. The monoisotopic (exact) mass is 224 g/mol. The maximum Gasteiger partial charge on any atom is 0.150 e. The highest BCUT2D eigenvalue weighted by molar-refractivity contribution is 5.66. The number of nitrogens with zero attached hydrogens (tertiary/aromatic N) is 3. The summed E-state index contributed by atoms with van der Waals surface area (Å²) >= 11 is 0. The van der Waals surface area contributed by atoms with Crippen LogP contribution in [0.1, 0.15) is 39.3 Å². The van der Waals surface area contributed by atoms with Crippen molar-refractivity contribution in [3.63, 3.8) is 0 Å². The standard InChI is InChI=1S/C12H24N4/c1-6-8-9(3)15(5)12-11(13)10(4)14-16(12)7-2/h9H,6-8,13H2,1-5H3. The van der Waals surface area contributed by atoms with Crippen LogP contribution in [0.4, 0.5) is 11.5 Å². The first-order chi connectivity index (χ1) is 7.52. The molecule has 0 spiro atoms. The van der Waals surface area contributed by atoms with E-state index < -0.39 is 0 Å². The SMILES string of the molecule is CCCC(C)N(C)c1c(N)c(C)nn1CC. The molecule has 16 heavy (non-hydrogen) atoms. The maximum atomic E-state index is 6.09. The summed E-state index contributed by atoms with van der Waals surface area (Å²) in [7, 11) is 2.10. The Morgan fingerprint density at radius 3 is 2.56 bits per heavy atom. The van der Waals surface area contributed by atoms with Crippen LogP contribution in [0.2, 0.25) is 0 Å². The van der Waals surface area contributed by atoms with Crippen LogP contribution < -0.4 is 10.6 Å². The normalized spacial score (nSPS) is 12.8. The third-order valence-corrected chi connectivity index (χ3v) is 3.15. The van der Waals surface area contributed by atoms with Crippen molar-refractivity contribution in [3.05, 3.63) is 5.69 Å². The van der Waals surface area contributed by atoms with Crippen molar-refractivity contribution >= 4 is 11.5 Å². The van der Waals surface area contributed by atoms with Gasteiger partial charge in [0.25, 0.3) is 0 Å². The highest BCUT2D eigenvalue weighted by Crippen LogP contribution is 2.27. The van der Waals surface area contributed by atoms with Gasteiger partial charge in [0.1, 0.15) is 0 Å². The van der Waals surface area contributed by atoms with E-state index in [4.69, 9.17) is 5.73 Å². The number of aromatic nitrogens is 2. The molecule has 0 aliphatic heterocycles. The molecule has 1 atom stereocenters. The quantitative estimate of drug-likeness (QED) is 0.835. The molecule has 0 amide bonds. The van der Waals surface area contributed by atoms with Gasteiger partial charge >= 0.3 is 0 Å². The number of hydrogen-bond donors (Lipinski definition) is 1. The second-order valence-electron chi connectivity index (χ2n) is 4.39. The molecule has 1 unspecified atom stereocenters. The molecular weight excluding hydrogens is 200 g/mol. The zero-order valence-corrected chi connectivity index (χ0v) is 11.1. The van der Waals surface area contributed by atoms with Crippen LogP contribution in [0, 0.1) is 6.92 Å². The number of hydrogen-bond acceptors (Lipinski definition) is 3. The van der Waals surface area contributed by atoms with Crippen LogP contribution in [-0.4, -0.2) is 22.9 Å². The Bertz CT molecular complexity index is 343. The molecule has 0 aliphatic carbocycles. The van der Waals surface area contributed by atoms with Crippen LogP contribution in [0.3, 0.4) is 0 Å². The fourth-order valence-corrected chi connectivity index (χ4v) is 2.00. The lowest BCUT2D eigenvalue weighted by atomic mass is 10.1. The van der Waals surface area contributed by atoms with Gasteiger partial charge in [0.15, 0.2) is 5.82 Å². The topological polar surface area (TPSA) is 47.1 Å². The zero-order chi connectivity index (χ0) is 12.3. The maximum absolute atomic E-state index is 6.09. The predicted octanol–water partition coefficient (Wildman–Crippen LogP) is 2.42. The minimum atomic E-state index is 0.494. The van der Waals surface area contributed by atoms with E-state index in [9.17, 15) is 0 Å². The first kappa shape index (κ1) is 12.9. The fourth-order valence-electron chi connectivity index (χ4n) is 2.00. The molecule has 0 fully saturated rings. The lowest BCUT2D eigenvalue weighted by molar-refractivity contribution is 0.577. The van der Waals surface area contributed by atoms with Crippen molar-refractivity contribution in [2.75, 3.05) is 17.7 Å².